The first-order valence-corrected chi connectivity index (χ1v) is 5.96. The van der Waals surface area contributed by atoms with Crippen LogP contribution in [0.3, 0.4) is 0 Å². The third kappa shape index (κ3) is 3.80. The first-order valence-electron chi connectivity index (χ1n) is 5.96. The highest BCUT2D eigenvalue weighted by molar-refractivity contribution is 5.94. The Balaban J connectivity index is 1.74. The number of anilines is 1. The second-order valence-corrected chi connectivity index (χ2v) is 4.18. The minimum Gasteiger partial charge on any atom is -0.454 e. The van der Waals surface area contributed by atoms with Crippen LogP contribution in [-0.4, -0.2) is 30.4 Å². The summed E-state index contributed by atoms with van der Waals surface area (Å²) in [6, 6.07) is 8.24. The first kappa shape index (κ1) is 13.1. The Bertz CT molecular complexity index is 487. The molecule has 1 aromatic rings. The lowest BCUT2D eigenvalue weighted by Gasteiger charge is -2.10. The number of nitrogens with one attached hydrogen (secondary N) is 2. The van der Waals surface area contributed by atoms with Crippen molar-refractivity contribution in [3.8, 4) is 0 Å². The number of esters is 1. The molecule has 6 heteroatoms. The van der Waals surface area contributed by atoms with E-state index in [0.29, 0.717) is 18.5 Å². The monoisotopic (exact) mass is 262 g/mol. The Labute approximate surface area is 110 Å². The molecular formula is C13H14N2O4. The van der Waals surface area contributed by atoms with Gasteiger partial charge in [0.25, 0.3) is 5.91 Å². The molecule has 1 aromatic carbocycles. The Morgan fingerprint density at radius 1 is 1.32 bits per heavy atom. The van der Waals surface area contributed by atoms with Crippen LogP contribution in [-0.2, 0) is 19.1 Å². The molecule has 2 N–H and O–H groups in total. The molecular weight excluding hydrogens is 248 g/mol. The van der Waals surface area contributed by atoms with Crippen molar-refractivity contribution in [2.24, 2.45) is 0 Å². The van der Waals surface area contributed by atoms with Gasteiger partial charge < -0.3 is 15.4 Å². The van der Waals surface area contributed by atoms with Crippen LogP contribution in [0, 0.1) is 0 Å². The third-order valence-corrected chi connectivity index (χ3v) is 2.68. The molecule has 0 bridgehead atoms. The molecule has 6 nitrogen and oxygen atoms in total. The van der Waals surface area contributed by atoms with Crippen LogP contribution in [0.1, 0.15) is 12.8 Å². The normalized spacial score (nSPS) is 17.7. The van der Waals surface area contributed by atoms with Gasteiger partial charge in [-0.1, -0.05) is 18.2 Å². The fourth-order valence-electron chi connectivity index (χ4n) is 1.75. The maximum absolute atomic E-state index is 11.5. The summed E-state index contributed by atoms with van der Waals surface area (Å²) in [6.07, 6.45) is 0.730. The van der Waals surface area contributed by atoms with E-state index in [1.54, 1.807) is 24.3 Å². The topological polar surface area (TPSA) is 84.5 Å². The van der Waals surface area contributed by atoms with Crippen molar-refractivity contribution in [2.75, 3.05) is 11.9 Å². The van der Waals surface area contributed by atoms with Gasteiger partial charge in [0.1, 0.15) is 6.04 Å². The number of hydrogen-bond acceptors (Lipinski definition) is 4. The predicted molar refractivity (Wildman–Crippen MR) is 67.2 cm³/mol. The van der Waals surface area contributed by atoms with Crippen molar-refractivity contribution in [1.82, 2.24) is 5.32 Å². The van der Waals surface area contributed by atoms with Crippen LogP contribution in [0.4, 0.5) is 5.69 Å². The molecule has 0 unspecified atom stereocenters. The van der Waals surface area contributed by atoms with Crippen LogP contribution < -0.4 is 10.6 Å². The summed E-state index contributed by atoms with van der Waals surface area (Å²) in [5.41, 5.74) is 0.637. The SMILES string of the molecule is O=C(COC(=O)[C@H]1CCC(=O)N1)Nc1ccccc1. The average Bonchev–Trinajstić information content (AvgIpc) is 2.84. The number of carbonyl (C=O) groups is 3. The molecule has 1 aliphatic rings. The van der Waals surface area contributed by atoms with E-state index in [4.69, 9.17) is 4.74 Å². The molecule has 2 rings (SSSR count). The summed E-state index contributed by atoms with van der Waals surface area (Å²) in [5, 5.41) is 5.08. The summed E-state index contributed by atoms with van der Waals surface area (Å²) in [6.45, 7) is -0.361. The highest BCUT2D eigenvalue weighted by atomic mass is 16.5. The van der Waals surface area contributed by atoms with E-state index in [0.717, 1.165) is 0 Å². The molecule has 19 heavy (non-hydrogen) atoms. The molecule has 1 saturated heterocycles. The van der Waals surface area contributed by atoms with Gasteiger partial charge in [-0.25, -0.2) is 4.79 Å². The summed E-state index contributed by atoms with van der Waals surface area (Å²) in [7, 11) is 0. The maximum atomic E-state index is 11.5. The lowest BCUT2D eigenvalue weighted by molar-refractivity contribution is -0.149. The van der Waals surface area contributed by atoms with Crippen LogP contribution >= 0.6 is 0 Å². The fraction of sp³-hybridized carbons (Fsp3) is 0.308. The second-order valence-electron chi connectivity index (χ2n) is 4.18. The molecule has 1 atom stereocenters. The van der Waals surface area contributed by atoms with Gasteiger partial charge in [-0.15, -0.1) is 0 Å². The molecule has 0 saturated carbocycles. The molecule has 0 aliphatic carbocycles. The van der Waals surface area contributed by atoms with Crippen molar-refractivity contribution in [3.05, 3.63) is 30.3 Å². The molecule has 1 heterocycles. The van der Waals surface area contributed by atoms with Gasteiger partial charge >= 0.3 is 5.97 Å². The van der Waals surface area contributed by atoms with E-state index in [2.05, 4.69) is 10.6 Å². The number of rotatable bonds is 4. The summed E-state index contributed by atoms with van der Waals surface area (Å²) in [5.74, 6) is -1.16. The van der Waals surface area contributed by atoms with Crippen molar-refractivity contribution < 1.29 is 19.1 Å². The van der Waals surface area contributed by atoms with Crippen molar-refractivity contribution in [3.63, 3.8) is 0 Å². The summed E-state index contributed by atoms with van der Waals surface area (Å²) < 4.78 is 4.84. The van der Waals surface area contributed by atoms with E-state index >= 15 is 0 Å². The number of ether oxygens (including phenoxy) is 1. The number of amides is 2. The van der Waals surface area contributed by atoms with Gasteiger partial charge in [0.05, 0.1) is 0 Å². The Kier molecular flexibility index (Phi) is 4.12. The van der Waals surface area contributed by atoms with Gasteiger partial charge in [0, 0.05) is 12.1 Å². The lowest BCUT2D eigenvalue weighted by Crippen LogP contribution is -2.36. The Morgan fingerprint density at radius 2 is 2.05 bits per heavy atom. The quantitative estimate of drug-likeness (QED) is 0.771. The molecule has 2 amide bonds. The van der Waals surface area contributed by atoms with Crippen molar-refractivity contribution in [2.45, 2.75) is 18.9 Å². The Hall–Kier alpha value is -2.37. The molecule has 0 aromatic heterocycles. The van der Waals surface area contributed by atoms with Crippen LogP contribution in [0.25, 0.3) is 0 Å². The van der Waals surface area contributed by atoms with E-state index in [-0.39, 0.29) is 12.5 Å². The smallest absolute Gasteiger partial charge is 0.329 e. The number of carbonyl (C=O) groups excluding carboxylic acids is 3. The zero-order valence-electron chi connectivity index (χ0n) is 10.2. The third-order valence-electron chi connectivity index (χ3n) is 2.68. The van der Waals surface area contributed by atoms with Gasteiger partial charge in [0.2, 0.25) is 5.91 Å². The largest absolute Gasteiger partial charge is 0.454 e. The molecule has 100 valence electrons. The second kappa shape index (κ2) is 5.99. The molecule has 0 radical (unpaired) electrons. The highest BCUT2D eigenvalue weighted by Gasteiger charge is 2.28. The maximum Gasteiger partial charge on any atom is 0.329 e. The van der Waals surface area contributed by atoms with Gasteiger partial charge in [-0.3, -0.25) is 9.59 Å². The average molecular weight is 262 g/mol. The zero-order chi connectivity index (χ0) is 13.7. The minimum absolute atomic E-state index is 0.171. The van der Waals surface area contributed by atoms with Gasteiger partial charge in [-0.2, -0.15) is 0 Å². The van der Waals surface area contributed by atoms with Crippen LogP contribution in [0.15, 0.2) is 30.3 Å². The predicted octanol–water partition coefficient (Wildman–Crippen LogP) is 0.447. The number of hydrogen-bond donors (Lipinski definition) is 2. The van der Waals surface area contributed by atoms with Gasteiger partial charge in [-0.05, 0) is 18.6 Å². The standard InChI is InChI=1S/C13H14N2O4/c16-11-7-6-10(15-11)13(18)19-8-12(17)14-9-4-2-1-3-5-9/h1-5,10H,6-8H2,(H,14,17)(H,15,16)/t10-/m1/s1. The van der Waals surface area contributed by atoms with E-state index in [1.807, 2.05) is 6.07 Å². The van der Waals surface area contributed by atoms with Crippen molar-refractivity contribution in [1.29, 1.82) is 0 Å². The van der Waals surface area contributed by atoms with Crippen molar-refractivity contribution >= 4 is 23.5 Å². The highest BCUT2D eigenvalue weighted by Crippen LogP contribution is 2.08. The minimum atomic E-state index is -0.628. The Morgan fingerprint density at radius 3 is 2.68 bits per heavy atom. The first-order chi connectivity index (χ1) is 9.15. The molecule has 1 aliphatic heterocycles. The summed E-state index contributed by atoms with van der Waals surface area (Å²) in [4.78, 5) is 34.0. The number of benzene rings is 1. The van der Waals surface area contributed by atoms with Gasteiger partial charge in [0.15, 0.2) is 6.61 Å². The molecule has 0 spiro atoms. The van der Waals surface area contributed by atoms with Crippen LogP contribution in [0.5, 0.6) is 0 Å². The zero-order valence-corrected chi connectivity index (χ0v) is 10.2. The van der Waals surface area contributed by atoms with E-state index in [1.165, 1.54) is 0 Å². The summed E-state index contributed by atoms with van der Waals surface area (Å²) >= 11 is 0. The number of para-hydroxylation sites is 1. The van der Waals surface area contributed by atoms with Crippen LogP contribution in [0.2, 0.25) is 0 Å². The van der Waals surface area contributed by atoms with E-state index < -0.39 is 17.9 Å². The fourth-order valence-corrected chi connectivity index (χ4v) is 1.75. The van der Waals surface area contributed by atoms with E-state index in [9.17, 15) is 14.4 Å². The lowest BCUT2D eigenvalue weighted by atomic mass is 10.2. The molecule has 1 fully saturated rings.